The van der Waals surface area contributed by atoms with Gasteiger partial charge in [-0.3, -0.25) is 0 Å². The number of benzene rings is 2. The van der Waals surface area contributed by atoms with Crippen molar-refractivity contribution in [1.82, 2.24) is 0 Å². The van der Waals surface area contributed by atoms with Crippen LogP contribution in [0.3, 0.4) is 0 Å². The molecule has 0 atom stereocenters. The molecule has 0 aliphatic heterocycles. The van der Waals surface area contributed by atoms with Crippen molar-refractivity contribution in [3.63, 3.8) is 0 Å². The highest BCUT2D eigenvalue weighted by atomic mass is 16.5. The van der Waals surface area contributed by atoms with E-state index in [0.717, 1.165) is 17.0 Å². The van der Waals surface area contributed by atoms with E-state index in [-0.39, 0.29) is 0 Å². The third-order valence-corrected chi connectivity index (χ3v) is 3.29. The quantitative estimate of drug-likeness (QED) is 0.681. The largest absolute Gasteiger partial charge is 0.497 e. The van der Waals surface area contributed by atoms with Crippen molar-refractivity contribution in [3.8, 4) is 16.9 Å². The van der Waals surface area contributed by atoms with Gasteiger partial charge in [0, 0.05) is 24.6 Å². The van der Waals surface area contributed by atoms with Crippen LogP contribution < -0.4 is 9.72 Å². The van der Waals surface area contributed by atoms with Crippen LogP contribution in [-0.4, -0.2) is 7.11 Å². The van der Waals surface area contributed by atoms with Crippen molar-refractivity contribution in [2.75, 3.05) is 7.11 Å². The summed E-state index contributed by atoms with van der Waals surface area (Å²) in [6, 6.07) is 18.7. The van der Waals surface area contributed by atoms with Crippen molar-refractivity contribution in [2.24, 2.45) is 0 Å². The Morgan fingerprint density at radius 3 is 2.47 bits per heavy atom. The Morgan fingerprint density at radius 2 is 1.74 bits per heavy atom. The summed E-state index contributed by atoms with van der Waals surface area (Å²) in [6.45, 7) is 2.08. The maximum absolute atomic E-state index is 5.33. The summed E-state index contributed by atoms with van der Waals surface area (Å²) in [5.41, 5.74) is 4.72. The molecule has 94 valence electrons. The number of aryl methyl sites for hydroxylation is 1. The summed E-state index contributed by atoms with van der Waals surface area (Å²) in [5, 5.41) is 1.18. The number of methoxy groups -OCH3 is 1. The van der Waals surface area contributed by atoms with E-state index < -0.39 is 0 Å². The van der Waals surface area contributed by atoms with Crippen molar-refractivity contribution >= 4 is 10.9 Å². The molecule has 0 aliphatic rings. The molecule has 0 bridgehead atoms. The van der Waals surface area contributed by atoms with E-state index in [9.17, 15) is 0 Å². The minimum Gasteiger partial charge on any atom is -0.497 e. The number of hydrogen-bond donors (Lipinski definition) is 0. The molecule has 2 aromatic carbocycles. The van der Waals surface area contributed by atoms with Crippen LogP contribution in [0, 0.1) is 6.92 Å². The van der Waals surface area contributed by atoms with Crippen LogP contribution in [0.2, 0.25) is 0 Å². The molecule has 2 nitrogen and oxygen atoms in total. The normalized spacial score (nSPS) is 10.6. The topological polar surface area (TPSA) is 23.4 Å². The van der Waals surface area contributed by atoms with Crippen LogP contribution in [0.5, 0.6) is 5.75 Å². The first kappa shape index (κ1) is 11.7. The Hall–Kier alpha value is -2.35. The van der Waals surface area contributed by atoms with Crippen molar-refractivity contribution in [1.29, 1.82) is 0 Å². The van der Waals surface area contributed by atoms with Crippen LogP contribution in [0.15, 0.2) is 54.6 Å². The van der Waals surface area contributed by atoms with Gasteiger partial charge in [-0.05, 0) is 17.7 Å². The highest BCUT2D eigenvalue weighted by Crippen LogP contribution is 2.29. The number of H-pyrrole nitrogens is 1. The Bertz CT molecular complexity index is 720. The summed E-state index contributed by atoms with van der Waals surface area (Å²) in [4.78, 5) is 3.40. The highest BCUT2D eigenvalue weighted by Gasteiger charge is 2.11. The first-order chi connectivity index (χ1) is 9.28. The number of fused-ring (bicyclic) bond motifs is 1. The lowest BCUT2D eigenvalue weighted by molar-refractivity contribution is -0.354. The molecule has 0 unspecified atom stereocenters. The van der Waals surface area contributed by atoms with Gasteiger partial charge in [0.1, 0.15) is 5.75 Å². The zero-order chi connectivity index (χ0) is 13.2. The fourth-order valence-electron chi connectivity index (χ4n) is 2.38. The third-order valence-electron chi connectivity index (χ3n) is 3.29. The van der Waals surface area contributed by atoms with Gasteiger partial charge in [-0.15, -0.1) is 0 Å². The van der Waals surface area contributed by atoms with Gasteiger partial charge < -0.3 is 4.74 Å². The van der Waals surface area contributed by atoms with E-state index in [1.54, 1.807) is 7.11 Å². The summed E-state index contributed by atoms with van der Waals surface area (Å²) >= 11 is 0. The van der Waals surface area contributed by atoms with Crippen LogP contribution in [0.1, 0.15) is 5.69 Å². The van der Waals surface area contributed by atoms with Crippen LogP contribution in [0.4, 0.5) is 0 Å². The maximum atomic E-state index is 5.33. The number of nitrogens with one attached hydrogen (secondary N) is 1. The smallest absolute Gasteiger partial charge is 0.211 e. The van der Waals surface area contributed by atoms with Crippen LogP contribution >= 0.6 is 0 Å². The van der Waals surface area contributed by atoms with Crippen LogP contribution in [-0.2, 0) is 0 Å². The lowest BCUT2D eigenvalue weighted by Gasteiger charge is -2.06. The maximum Gasteiger partial charge on any atom is 0.211 e. The SMILES string of the molecule is COc1ccc2[nH+]c(C)cc(-c3ccccc3)c2c1. The first-order valence-corrected chi connectivity index (χ1v) is 6.34. The first-order valence-electron chi connectivity index (χ1n) is 6.34. The molecule has 2 heteroatoms. The number of rotatable bonds is 2. The Labute approximate surface area is 112 Å². The standard InChI is InChI=1S/C17H15NO/c1-12-10-15(13-6-4-3-5-7-13)16-11-14(19-2)8-9-17(16)18-12/h3-11H,1-2H3/p+1. The fraction of sp³-hybridized carbons (Fsp3) is 0.118. The van der Waals surface area contributed by atoms with E-state index in [0.29, 0.717) is 0 Å². The molecule has 19 heavy (non-hydrogen) atoms. The second-order valence-electron chi connectivity index (χ2n) is 4.64. The third kappa shape index (κ3) is 2.17. The second-order valence-corrected chi connectivity index (χ2v) is 4.64. The number of aromatic nitrogens is 1. The molecule has 0 saturated carbocycles. The molecule has 0 radical (unpaired) electrons. The number of pyridine rings is 1. The zero-order valence-electron chi connectivity index (χ0n) is 11.1. The predicted octanol–water partition coefficient (Wildman–Crippen LogP) is 3.64. The monoisotopic (exact) mass is 250 g/mol. The molecule has 0 fully saturated rings. The van der Waals surface area contributed by atoms with Gasteiger partial charge in [-0.2, -0.15) is 0 Å². The lowest BCUT2D eigenvalue weighted by Crippen LogP contribution is -2.09. The second kappa shape index (κ2) is 4.73. The molecule has 3 aromatic rings. The molecular weight excluding hydrogens is 234 g/mol. The molecular formula is C17H16NO+. The lowest BCUT2D eigenvalue weighted by atomic mass is 10.00. The summed E-state index contributed by atoms with van der Waals surface area (Å²) in [5.74, 6) is 0.877. The predicted molar refractivity (Wildman–Crippen MR) is 77.2 cm³/mol. The van der Waals surface area contributed by atoms with E-state index in [4.69, 9.17) is 4.74 Å². The highest BCUT2D eigenvalue weighted by molar-refractivity contribution is 5.93. The summed E-state index contributed by atoms with van der Waals surface area (Å²) < 4.78 is 5.33. The molecule has 3 rings (SSSR count). The zero-order valence-corrected chi connectivity index (χ0v) is 11.1. The fourth-order valence-corrected chi connectivity index (χ4v) is 2.38. The van der Waals surface area contributed by atoms with Gasteiger partial charge >= 0.3 is 0 Å². The van der Waals surface area contributed by atoms with E-state index in [1.807, 2.05) is 12.1 Å². The van der Waals surface area contributed by atoms with E-state index in [1.165, 1.54) is 16.5 Å². The Kier molecular flexibility index (Phi) is 2.92. The molecule has 0 amide bonds. The van der Waals surface area contributed by atoms with Gasteiger partial charge in [-0.25, -0.2) is 4.98 Å². The van der Waals surface area contributed by atoms with Crippen molar-refractivity contribution < 1.29 is 9.72 Å². The average molecular weight is 250 g/mol. The van der Waals surface area contributed by atoms with Gasteiger partial charge in [-0.1, -0.05) is 30.3 Å². The number of hydrogen-bond acceptors (Lipinski definition) is 1. The van der Waals surface area contributed by atoms with Crippen LogP contribution in [0.25, 0.3) is 22.0 Å². The van der Waals surface area contributed by atoms with Crippen molar-refractivity contribution in [2.45, 2.75) is 6.92 Å². The molecule has 1 heterocycles. The van der Waals surface area contributed by atoms with Gasteiger partial charge in [0.15, 0.2) is 5.69 Å². The van der Waals surface area contributed by atoms with Crippen molar-refractivity contribution in [3.05, 3.63) is 60.3 Å². The van der Waals surface area contributed by atoms with E-state index >= 15 is 0 Å². The molecule has 0 saturated heterocycles. The molecule has 1 N–H and O–H groups in total. The summed E-state index contributed by atoms with van der Waals surface area (Å²) in [6.07, 6.45) is 0. The molecule has 0 aliphatic carbocycles. The summed E-state index contributed by atoms with van der Waals surface area (Å²) in [7, 11) is 1.70. The Balaban J connectivity index is 2.33. The molecule has 0 spiro atoms. The average Bonchev–Trinajstić information content (AvgIpc) is 2.47. The minimum atomic E-state index is 0.877. The number of aromatic amines is 1. The van der Waals surface area contributed by atoms with E-state index in [2.05, 4.69) is 54.4 Å². The van der Waals surface area contributed by atoms with Gasteiger partial charge in [0.2, 0.25) is 5.52 Å². The number of ether oxygens (including phenoxy) is 1. The Morgan fingerprint density at radius 1 is 0.947 bits per heavy atom. The molecule has 1 aromatic heterocycles. The van der Waals surface area contributed by atoms with Gasteiger partial charge in [0.05, 0.1) is 12.5 Å². The minimum absolute atomic E-state index is 0.877. The van der Waals surface area contributed by atoms with Gasteiger partial charge in [0.25, 0.3) is 0 Å².